The predicted molar refractivity (Wildman–Crippen MR) is 61.6 cm³/mol. The lowest BCUT2D eigenvalue weighted by Crippen LogP contribution is -2.44. The van der Waals surface area contributed by atoms with Crippen LogP contribution in [0.5, 0.6) is 0 Å². The van der Waals surface area contributed by atoms with E-state index in [1.807, 2.05) is 0 Å². The van der Waals surface area contributed by atoms with Crippen LogP contribution in [-0.4, -0.2) is 38.3 Å². The normalized spacial score (nSPS) is 16.9. The number of rotatable bonds is 6. The van der Waals surface area contributed by atoms with Gasteiger partial charge >= 0.3 is 5.97 Å². The van der Waals surface area contributed by atoms with Gasteiger partial charge in [0.25, 0.3) is 0 Å². The topological polar surface area (TPSA) is 97.1 Å². The van der Waals surface area contributed by atoms with E-state index in [0.717, 1.165) is 19.3 Å². The Morgan fingerprint density at radius 2 is 2.22 bits per heavy atom. The lowest BCUT2D eigenvalue weighted by molar-refractivity contribution is -0.141. The van der Waals surface area contributed by atoms with Crippen molar-refractivity contribution in [3.8, 4) is 0 Å². The largest absolute Gasteiger partial charge is 0.481 e. The van der Waals surface area contributed by atoms with Crippen molar-refractivity contribution in [3.05, 3.63) is 12.7 Å². The Balaban J connectivity index is 1.79. The van der Waals surface area contributed by atoms with Gasteiger partial charge in [0.2, 0.25) is 5.91 Å². The lowest BCUT2D eigenvalue weighted by atomic mass is 9.66. The van der Waals surface area contributed by atoms with E-state index in [9.17, 15) is 9.59 Å². The molecule has 0 radical (unpaired) electrons. The zero-order chi connectivity index (χ0) is 13.0. The average Bonchev–Trinajstić information content (AvgIpc) is 2.74. The number of carboxylic acid groups (broad SMARTS) is 1. The first-order valence-corrected chi connectivity index (χ1v) is 5.91. The van der Waals surface area contributed by atoms with Gasteiger partial charge < -0.3 is 10.4 Å². The minimum Gasteiger partial charge on any atom is -0.481 e. The molecule has 0 aromatic carbocycles. The van der Waals surface area contributed by atoms with Gasteiger partial charge in [-0.25, -0.2) is 9.67 Å². The fourth-order valence-electron chi connectivity index (χ4n) is 2.22. The summed E-state index contributed by atoms with van der Waals surface area (Å²) >= 11 is 0. The third-order valence-electron chi connectivity index (χ3n) is 3.37. The first-order chi connectivity index (χ1) is 8.60. The van der Waals surface area contributed by atoms with Crippen LogP contribution in [0.4, 0.5) is 0 Å². The molecule has 1 amide bonds. The van der Waals surface area contributed by atoms with Gasteiger partial charge in [0.05, 0.1) is 6.42 Å². The summed E-state index contributed by atoms with van der Waals surface area (Å²) in [7, 11) is 0. The number of carbonyl (C=O) groups is 2. The molecule has 0 spiro atoms. The Morgan fingerprint density at radius 3 is 2.72 bits per heavy atom. The standard InChI is InChI=1S/C11H16N4O3/c16-9(5-15-8-12-7-14-15)13-6-11(2-1-3-11)4-10(17)18/h7-8H,1-6H2,(H,13,16)(H,17,18). The zero-order valence-electron chi connectivity index (χ0n) is 10.0. The molecule has 7 nitrogen and oxygen atoms in total. The Morgan fingerprint density at radius 1 is 1.44 bits per heavy atom. The molecule has 1 saturated carbocycles. The molecule has 0 unspecified atom stereocenters. The van der Waals surface area contributed by atoms with E-state index in [-0.39, 0.29) is 24.3 Å². The van der Waals surface area contributed by atoms with Crippen LogP contribution in [0.3, 0.4) is 0 Å². The second kappa shape index (κ2) is 5.16. The van der Waals surface area contributed by atoms with Crippen molar-refractivity contribution in [2.45, 2.75) is 32.2 Å². The van der Waals surface area contributed by atoms with Gasteiger partial charge in [0, 0.05) is 6.54 Å². The predicted octanol–water partition coefficient (Wildman–Crippen LogP) is 0.0393. The van der Waals surface area contributed by atoms with Crippen LogP contribution >= 0.6 is 0 Å². The van der Waals surface area contributed by atoms with Crippen LogP contribution in [0.2, 0.25) is 0 Å². The number of nitrogens with zero attached hydrogens (tertiary/aromatic N) is 3. The van der Waals surface area contributed by atoms with Crippen molar-refractivity contribution in [2.75, 3.05) is 6.54 Å². The van der Waals surface area contributed by atoms with Crippen LogP contribution in [0.1, 0.15) is 25.7 Å². The van der Waals surface area contributed by atoms with Crippen LogP contribution in [0.25, 0.3) is 0 Å². The minimum absolute atomic E-state index is 0.114. The fourth-order valence-corrected chi connectivity index (χ4v) is 2.22. The highest BCUT2D eigenvalue weighted by molar-refractivity contribution is 5.75. The summed E-state index contributed by atoms with van der Waals surface area (Å²) in [6, 6.07) is 0. The van der Waals surface area contributed by atoms with E-state index in [2.05, 4.69) is 15.4 Å². The van der Waals surface area contributed by atoms with Gasteiger partial charge in [-0.15, -0.1) is 0 Å². The summed E-state index contributed by atoms with van der Waals surface area (Å²) in [5.74, 6) is -0.975. The highest BCUT2D eigenvalue weighted by atomic mass is 16.4. The number of amides is 1. The molecular weight excluding hydrogens is 236 g/mol. The van der Waals surface area contributed by atoms with Gasteiger partial charge in [-0.1, -0.05) is 6.42 Å². The zero-order valence-corrected chi connectivity index (χ0v) is 10.0. The van der Waals surface area contributed by atoms with Gasteiger partial charge in [-0.3, -0.25) is 9.59 Å². The molecule has 1 aliphatic rings. The third kappa shape index (κ3) is 3.06. The van der Waals surface area contributed by atoms with E-state index in [1.54, 1.807) is 0 Å². The maximum absolute atomic E-state index is 11.6. The number of hydrogen-bond donors (Lipinski definition) is 2. The first kappa shape index (κ1) is 12.5. The SMILES string of the molecule is O=C(O)CC1(CNC(=O)Cn2cncn2)CCC1. The maximum atomic E-state index is 11.6. The average molecular weight is 252 g/mol. The fraction of sp³-hybridized carbons (Fsp3) is 0.636. The molecule has 7 heteroatoms. The molecule has 1 aliphatic carbocycles. The molecule has 2 rings (SSSR count). The Labute approximate surface area is 104 Å². The van der Waals surface area contributed by atoms with E-state index in [1.165, 1.54) is 17.3 Å². The van der Waals surface area contributed by atoms with Crippen LogP contribution in [-0.2, 0) is 16.1 Å². The lowest BCUT2D eigenvalue weighted by Gasteiger charge is -2.40. The van der Waals surface area contributed by atoms with E-state index >= 15 is 0 Å². The molecule has 18 heavy (non-hydrogen) atoms. The Kier molecular flexibility index (Phi) is 3.59. The highest BCUT2D eigenvalue weighted by Gasteiger charge is 2.39. The second-order valence-electron chi connectivity index (χ2n) is 4.79. The Bertz CT molecular complexity index is 426. The van der Waals surface area contributed by atoms with Gasteiger partial charge in [-0.2, -0.15) is 5.10 Å². The Hall–Kier alpha value is -1.92. The number of carboxylic acids is 1. The van der Waals surface area contributed by atoms with Gasteiger partial charge in [0.15, 0.2) is 0 Å². The molecule has 0 saturated heterocycles. The van der Waals surface area contributed by atoms with E-state index in [4.69, 9.17) is 5.11 Å². The van der Waals surface area contributed by atoms with Crippen molar-refractivity contribution in [2.24, 2.45) is 5.41 Å². The smallest absolute Gasteiger partial charge is 0.303 e. The second-order valence-corrected chi connectivity index (χ2v) is 4.79. The number of nitrogens with one attached hydrogen (secondary N) is 1. The van der Waals surface area contributed by atoms with Crippen molar-refractivity contribution in [1.82, 2.24) is 20.1 Å². The molecule has 0 atom stereocenters. The van der Waals surface area contributed by atoms with Crippen molar-refractivity contribution in [3.63, 3.8) is 0 Å². The molecule has 0 bridgehead atoms. The van der Waals surface area contributed by atoms with Crippen molar-refractivity contribution < 1.29 is 14.7 Å². The minimum atomic E-state index is -0.805. The monoisotopic (exact) mass is 252 g/mol. The molecular formula is C11H16N4O3. The molecule has 1 heterocycles. The van der Waals surface area contributed by atoms with Crippen molar-refractivity contribution >= 4 is 11.9 Å². The maximum Gasteiger partial charge on any atom is 0.303 e. The van der Waals surface area contributed by atoms with Gasteiger partial charge in [-0.05, 0) is 18.3 Å². The summed E-state index contributed by atoms with van der Waals surface area (Å²) in [5, 5.41) is 15.5. The summed E-state index contributed by atoms with van der Waals surface area (Å²) in [5.41, 5.74) is -0.246. The molecule has 1 aromatic rings. The number of carbonyl (C=O) groups excluding carboxylic acids is 1. The summed E-state index contributed by atoms with van der Waals surface area (Å²) in [6.07, 6.45) is 5.72. The van der Waals surface area contributed by atoms with E-state index in [0.29, 0.717) is 6.54 Å². The first-order valence-electron chi connectivity index (χ1n) is 5.91. The quantitative estimate of drug-likeness (QED) is 0.745. The summed E-state index contributed by atoms with van der Waals surface area (Å²) in [6.45, 7) is 0.538. The number of aliphatic carboxylic acids is 1. The number of aromatic nitrogens is 3. The molecule has 0 aliphatic heterocycles. The highest BCUT2D eigenvalue weighted by Crippen LogP contribution is 2.43. The van der Waals surface area contributed by atoms with E-state index < -0.39 is 5.97 Å². The third-order valence-corrected chi connectivity index (χ3v) is 3.37. The van der Waals surface area contributed by atoms with Crippen LogP contribution < -0.4 is 5.32 Å². The number of hydrogen-bond acceptors (Lipinski definition) is 4. The summed E-state index contributed by atoms with van der Waals surface area (Å²) < 4.78 is 1.43. The molecule has 1 fully saturated rings. The summed E-state index contributed by atoms with van der Waals surface area (Å²) in [4.78, 5) is 26.2. The van der Waals surface area contributed by atoms with Crippen molar-refractivity contribution in [1.29, 1.82) is 0 Å². The van der Waals surface area contributed by atoms with Gasteiger partial charge in [0.1, 0.15) is 19.2 Å². The van der Waals surface area contributed by atoms with Crippen LogP contribution in [0.15, 0.2) is 12.7 Å². The van der Waals surface area contributed by atoms with Crippen LogP contribution in [0, 0.1) is 5.41 Å². The molecule has 1 aromatic heterocycles. The molecule has 98 valence electrons. The molecule has 2 N–H and O–H groups in total.